The molecular weight excluding hydrogens is 387 g/mol. The molecule has 1 amide bonds. The Kier molecular flexibility index (Phi) is 5.42. The van der Waals surface area contributed by atoms with Crippen LogP contribution in [0.1, 0.15) is 11.4 Å². The van der Waals surface area contributed by atoms with E-state index in [4.69, 9.17) is 0 Å². The second-order valence-corrected chi connectivity index (χ2v) is 6.56. The number of hydrogen-bond acceptors (Lipinski definition) is 5. The van der Waals surface area contributed by atoms with Crippen LogP contribution in [0.25, 0.3) is 11.3 Å². The number of aromatic nitrogens is 5. The van der Waals surface area contributed by atoms with Crippen LogP contribution in [0.5, 0.6) is 0 Å². The fourth-order valence-electron chi connectivity index (χ4n) is 2.87. The molecule has 30 heavy (non-hydrogen) atoms. The summed E-state index contributed by atoms with van der Waals surface area (Å²) in [4.78, 5) is 32.8. The highest BCUT2D eigenvalue weighted by Gasteiger charge is 2.11. The predicted molar refractivity (Wildman–Crippen MR) is 108 cm³/mol. The Morgan fingerprint density at radius 1 is 1.10 bits per heavy atom. The summed E-state index contributed by atoms with van der Waals surface area (Å²) in [5.74, 6) is -0.146. The Bertz CT molecular complexity index is 1220. The first kappa shape index (κ1) is 19.2. The molecule has 4 aromatic rings. The van der Waals surface area contributed by atoms with Crippen LogP contribution < -0.4 is 10.9 Å². The van der Waals surface area contributed by atoms with Crippen molar-refractivity contribution in [3.8, 4) is 11.3 Å². The Morgan fingerprint density at radius 2 is 1.87 bits per heavy atom. The Hall–Kier alpha value is -4.14. The first-order chi connectivity index (χ1) is 14.6. The normalized spacial score (nSPS) is 10.7. The Morgan fingerprint density at radius 3 is 2.63 bits per heavy atom. The van der Waals surface area contributed by atoms with Gasteiger partial charge >= 0.3 is 0 Å². The average molecular weight is 404 g/mol. The maximum Gasteiger partial charge on any atom is 0.269 e. The van der Waals surface area contributed by atoms with Gasteiger partial charge in [0.15, 0.2) is 0 Å². The van der Waals surface area contributed by atoms with Crippen LogP contribution in [0.3, 0.4) is 0 Å². The quantitative estimate of drug-likeness (QED) is 0.513. The molecule has 2 aromatic heterocycles. The lowest BCUT2D eigenvalue weighted by Crippen LogP contribution is -2.27. The van der Waals surface area contributed by atoms with Gasteiger partial charge in [-0.05, 0) is 17.7 Å². The summed E-state index contributed by atoms with van der Waals surface area (Å²) in [5, 5.41) is 9.25. The van der Waals surface area contributed by atoms with E-state index < -0.39 is 11.5 Å². The highest BCUT2D eigenvalue weighted by Crippen LogP contribution is 2.14. The number of nitrogens with zero attached hydrogens (tertiary/aromatic N) is 4. The number of carbonyl (C=O) groups excluding carboxylic acids is 1. The van der Waals surface area contributed by atoms with Crippen LogP contribution in [-0.2, 0) is 17.8 Å². The minimum Gasteiger partial charge on any atom is -0.303 e. The van der Waals surface area contributed by atoms with Crippen LogP contribution in [0.2, 0.25) is 0 Å². The third kappa shape index (κ3) is 4.64. The van der Waals surface area contributed by atoms with Crippen molar-refractivity contribution in [2.45, 2.75) is 13.0 Å². The molecule has 9 heteroatoms. The third-order valence-corrected chi connectivity index (χ3v) is 4.33. The number of hydrogen-bond donors (Lipinski definition) is 2. The van der Waals surface area contributed by atoms with Gasteiger partial charge in [-0.25, -0.2) is 9.37 Å². The highest BCUT2D eigenvalue weighted by atomic mass is 19.1. The van der Waals surface area contributed by atoms with Crippen LogP contribution in [0.4, 0.5) is 10.3 Å². The largest absolute Gasteiger partial charge is 0.303 e. The molecule has 2 heterocycles. The van der Waals surface area contributed by atoms with Crippen molar-refractivity contribution < 1.29 is 9.18 Å². The van der Waals surface area contributed by atoms with Gasteiger partial charge in [0.25, 0.3) is 5.56 Å². The zero-order valence-electron chi connectivity index (χ0n) is 15.7. The van der Waals surface area contributed by atoms with Crippen molar-refractivity contribution in [2.24, 2.45) is 0 Å². The van der Waals surface area contributed by atoms with Crippen molar-refractivity contribution in [1.29, 1.82) is 0 Å². The summed E-state index contributed by atoms with van der Waals surface area (Å²) in [6.45, 7) is -0.205. The Balaban J connectivity index is 1.42. The minimum atomic E-state index is -0.449. The van der Waals surface area contributed by atoms with Crippen LogP contribution in [0.15, 0.2) is 71.8 Å². The molecule has 0 aliphatic carbocycles. The number of benzene rings is 2. The van der Waals surface area contributed by atoms with Gasteiger partial charge in [-0.15, -0.1) is 5.10 Å². The van der Waals surface area contributed by atoms with E-state index in [1.54, 1.807) is 12.1 Å². The molecule has 150 valence electrons. The molecule has 0 unspecified atom stereocenters. The lowest BCUT2D eigenvalue weighted by Gasteiger charge is -2.07. The third-order valence-electron chi connectivity index (χ3n) is 4.33. The molecule has 0 atom stereocenters. The molecule has 0 bridgehead atoms. The Labute approximate surface area is 170 Å². The maximum atomic E-state index is 13.0. The zero-order valence-corrected chi connectivity index (χ0v) is 15.7. The molecule has 0 radical (unpaired) electrons. The number of carbonyl (C=O) groups is 1. The molecular formula is C21H17FN6O2. The molecule has 2 N–H and O–H groups in total. The van der Waals surface area contributed by atoms with Crippen molar-refractivity contribution in [2.75, 3.05) is 5.32 Å². The first-order valence-corrected chi connectivity index (χ1v) is 9.14. The molecule has 0 saturated heterocycles. The van der Waals surface area contributed by atoms with Crippen LogP contribution in [-0.4, -0.2) is 30.6 Å². The minimum absolute atomic E-state index is 0.0995. The lowest BCUT2D eigenvalue weighted by atomic mass is 10.1. The zero-order chi connectivity index (χ0) is 20.9. The maximum absolute atomic E-state index is 13.0. The topological polar surface area (TPSA) is 106 Å². The van der Waals surface area contributed by atoms with Crippen molar-refractivity contribution >= 4 is 11.9 Å². The molecule has 0 spiro atoms. The van der Waals surface area contributed by atoms with E-state index in [-0.39, 0.29) is 18.3 Å². The summed E-state index contributed by atoms with van der Waals surface area (Å²) in [6, 6.07) is 15.4. The van der Waals surface area contributed by atoms with Gasteiger partial charge < -0.3 is 4.57 Å². The second-order valence-electron chi connectivity index (χ2n) is 6.56. The van der Waals surface area contributed by atoms with Crippen LogP contribution >= 0.6 is 0 Å². The lowest BCUT2D eigenvalue weighted by molar-refractivity contribution is -0.116. The highest BCUT2D eigenvalue weighted by molar-refractivity contribution is 5.88. The first-order valence-electron chi connectivity index (χ1n) is 9.14. The number of aromatic amines is 1. The number of anilines is 1. The van der Waals surface area contributed by atoms with Crippen molar-refractivity contribution in [3.63, 3.8) is 0 Å². The second kappa shape index (κ2) is 8.48. The fourth-order valence-corrected chi connectivity index (χ4v) is 2.87. The van der Waals surface area contributed by atoms with E-state index in [1.807, 2.05) is 30.3 Å². The van der Waals surface area contributed by atoms with Crippen LogP contribution in [0, 0.1) is 5.82 Å². The SMILES string of the molecule is O=C(Cn1cc(-c2ccccc2)ncc1=O)Nc1n[nH]c(Cc2ccc(F)cc2)n1. The number of nitrogens with one attached hydrogen (secondary N) is 2. The standard InChI is InChI=1S/C21H17FN6O2/c22-16-8-6-14(7-9-16)10-18-24-21(27-26-18)25-19(29)13-28-12-17(23-11-20(28)30)15-4-2-1-3-5-15/h1-9,11-12H,10,13H2,(H2,24,25,26,27,29). The van der Waals surface area contributed by atoms with Gasteiger partial charge in [-0.3, -0.25) is 20.0 Å². The average Bonchev–Trinajstić information content (AvgIpc) is 3.18. The van der Waals surface area contributed by atoms with E-state index in [0.717, 1.165) is 11.1 Å². The van der Waals surface area contributed by atoms with Gasteiger partial charge in [0.05, 0.1) is 11.9 Å². The monoisotopic (exact) mass is 404 g/mol. The predicted octanol–water partition coefficient (Wildman–Crippen LogP) is 2.40. The molecule has 0 fully saturated rings. The number of rotatable bonds is 6. The molecule has 2 aromatic carbocycles. The fraction of sp³-hybridized carbons (Fsp3) is 0.0952. The number of H-pyrrole nitrogens is 1. The smallest absolute Gasteiger partial charge is 0.269 e. The van der Waals surface area contributed by atoms with Gasteiger partial charge in [-0.1, -0.05) is 42.5 Å². The molecule has 0 saturated carbocycles. The van der Waals surface area contributed by atoms with Crippen molar-refractivity contribution in [1.82, 2.24) is 24.7 Å². The van der Waals surface area contributed by atoms with Gasteiger partial charge in [-0.2, -0.15) is 4.98 Å². The van der Waals surface area contributed by atoms with Gasteiger partial charge in [0, 0.05) is 18.2 Å². The molecule has 4 rings (SSSR count). The summed E-state index contributed by atoms with van der Waals surface area (Å²) >= 11 is 0. The number of amides is 1. The van der Waals surface area contributed by atoms with Gasteiger partial charge in [0.1, 0.15) is 18.2 Å². The van der Waals surface area contributed by atoms with E-state index >= 15 is 0 Å². The van der Waals surface area contributed by atoms with E-state index in [9.17, 15) is 14.0 Å². The summed E-state index contributed by atoms with van der Waals surface area (Å²) in [5.41, 5.74) is 1.88. The molecule has 8 nitrogen and oxygen atoms in total. The number of halogens is 1. The van der Waals surface area contributed by atoms with E-state index in [0.29, 0.717) is 17.9 Å². The van der Waals surface area contributed by atoms with E-state index in [2.05, 4.69) is 25.5 Å². The molecule has 0 aliphatic rings. The van der Waals surface area contributed by atoms with Gasteiger partial charge in [0.2, 0.25) is 11.9 Å². The summed E-state index contributed by atoms with van der Waals surface area (Å²) < 4.78 is 14.3. The van der Waals surface area contributed by atoms with Crippen molar-refractivity contribution in [3.05, 3.63) is 94.5 Å². The summed E-state index contributed by atoms with van der Waals surface area (Å²) in [6.07, 6.45) is 3.13. The molecule has 0 aliphatic heterocycles. The summed E-state index contributed by atoms with van der Waals surface area (Å²) in [7, 11) is 0. The van der Waals surface area contributed by atoms with E-state index in [1.165, 1.54) is 29.1 Å².